The highest BCUT2D eigenvalue weighted by atomic mass is 19.1. The van der Waals surface area contributed by atoms with Crippen molar-refractivity contribution in [3.63, 3.8) is 0 Å². The number of halogens is 1. The van der Waals surface area contributed by atoms with Gasteiger partial charge >= 0.3 is 6.09 Å². The molecular weight excluding hydrogens is 413 g/mol. The highest BCUT2D eigenvalue weighted by molar-refractivity contribution is 5.99. The number of phenols is 1. The Balaban J connectivity index is 1.84. The van der Waals surface area contributed by atoms with Gasteiger partial charge in [-0.1, -0.05) is 13.0 Å². The second kappa shape index (κ2) is 9.00. The minimum Gasteiger partial charge on any atom is -0.508 e. The van der Waals surface area contributed by atoms with Gasteiger partial charge in [0.2, 0.25) is 0 Å². The number of ether oxygens (including phenoxy) is 1. The van der Waals surface area contributed by atoms with E-state index in [2.05, 4.69) is 5.32 Å². The van der Waals surface area contributed by atoms with Crippen molar-refractivity contribution >= 4 is 22.8 Å². The summed E-state index contributed by atoms with van der Waals surface area (Å²) in [4.78, 5) is 18.1. The SMILES string of the molecule is Cc1cc(-c2c(C(C)CO)c(NCCN3CCOC3=O)nc3cc(O)ccc23)ccc1F. The van der Waals surface area contributed by atoms with Crippen LogP contribution in [-0.4, -0.2) is 59.0 Å². The third-order valence-electron chi connectivity index (χ3n) is 5.74. The Bertz CT molecular complexity index is 1170. The fourth-order valence-electron chi connectivity index (χ4n) is 4.02. The molecule has 0 aliphatic carbocycles. The number of aliphatic hydroxyl groups excluding tert-OH is 1. The summed E-state index contributed by atoms with van der Waals surface area (Å²) in [5.41, 5.74) is 3.49. The highest BCUT2D eigenvalue weighted by Crippen LogP contribution is 2.40. The molecule has 1 unspecified atom stereocenters. The van der Waals surface area contributed by atoms with Crippen LogP contribution in [0, 0.1) is 12.7 Å². The predicted octanol–water partition coefficient (Wildman–Crippen LogP) is 4.01. The quantitative estimate of drug-likeness (QED) is 0.515. The number of pyridine rings is 1. The lowest BCUT2D eigenvalue weighted by atomic mass is 9.88. The molecule has 1 amide bonds. The van der Waals surface area contributed by atoms with Crippen molar-refractivity contribution < 1.29 is 24.1 Å². The first-order valence-electron chi connectivity index (χ1n) is 10.6. The van der Waals surface area contributed by atoms with E-state index < -0.39 is 0 Å². The van der Waals surface area contributed by atoms with Gasteiger partial charge in [-0.25, -0.2) is 14.2 Å². The van der Waals surface area contributed by atoms with E-state index in [4.69, 9.17) is 9.72 Å². The number of anilines is 1. The predicted molar refractivity (Wildman–Crippen MR) is 120 cm³/mol. The van der Waals surface area contributed by atoms with Crippen molar-refractivity contribution in [2.45, 2.75) is 19.8 Å². The van der Waals surface area contributed by atoms with Crippen LogP contribution in [0.25, 0.3) is 22.0 Å². The number of hydrogen-bond donors (Lipinski definition) is 3. The molecule has 8 heteroatoms. The highest BCUT2D eigenvalue weighted by Gasteiger charge is 2.24. The summed E-state index contributed by atoms with van der Waals surface area (Å²) >= 11 is 0. The molecule has 1 saturated heterocycles. The van der Waals surface area contributed by atoms with Gasteiger partial charge in [-0.2, -0.15) is 0 Å². The fourth-order valence-corrected chi connectivity index (χ4v) is 4.02. The molecule has 0 saturated carbocycles. The van der Waals surface area contributed by atoms with Crippen LogP contribution in [0.5, 0.6) is 5.75 Å². The number of rotatable bonds is 7. The van der Waals surface area contributed by atoms with Crippen LogP contribution in [0.3, 0.4) is 0 Å². The second-order valence-corrected chi connectivity index (χ2v) is 8.03. The van der Waals surface area contributed by atoms with Crippen LogP contribution in [0.15, 0.2) is 36.4 Å². The van der Waals surface area contributed by atoms with Crippen LogP contribution >= 0.6 is 0 Å². The zero-order valence-corrected chi connectivity index (χ0v) is 18.1. The molecule has 3 aromatic rings. The van der Waals surface area contributed by atoms with E-state index in [1.165, 1.54) is 6.07 Å². The maximum Gasteiger partial charge on any atom is 0.409 e. The zero-order valence-electron chi connectivity index (χ0n) is 18.1. The van der Waals surface area contributed by atoms with E-state index in [0.29, 0.717) is 43.1 Å². The Kier molecular flexibility index (Phi) is 6.14. The largest absolute Gasteiger partial charge is 0.508 e. The number of carbonyl (C=O) groups excluding carboxylic acids is 1. The first-order valence-corrected chi connectivity index (χ1v) is 10.6. The number of aryl methyl sites for hydroxylation is 1. The molecule has 32 heavy (non-hydrogen) atoms. The molecule has 0 spiro atoms. The minimum absolute atomic E-state index is 0.0833. The number of amides is 1. The van der Waals surface area contributed by atoms with Crippen molar-refractivity contribution in [2.75, 3.05) is 38.2 Å². The molecule has 7 nitrogen and oxygen atoms in total. The molecule has 1 aliphatic heterocycles. The number of benzene rings is 2. The van der Waals surface area contributed by atoms with Crippen LogP contribution in [-0.2, 0) is 4.74 Å². The minimum atomic E-state index is -0.338. The number of hydrogen-bond acceptors (Lipinski definition) is 6. The Morgan fingerprint density at radius 3 is 2.78 bits per heavy atom. The number of phenolic OH excluding ortho intramolecular Hbond substituents is 1. The molecule has 2 aromatic carbocycles. The zero-order chi connectivity index (χ0) is 22.8. The number of aliphatic hydroxyl groups is 1. The molecule has 0 radical (unpaired) electrons. The third-order valence-corrected chi connectivity index (χ3v) is 5.74. The van der Waals surface area contributed by atoms with Gasteiger partial charge in [0.05, 0.1) is 12.1 Å². The summed E-state index contributed by atoms with van der Waals surface area (Å²) in [5.74, 6) is 0.0758. The number of fused-ring (bicyclic) bond motifs is 1. The van der Waals surface area contributed by atoms with Crippen molar-refractivity contribution in [2.24, 2.45) is 0 Å². The molecule has 1 aromatic heterocycles. The summed E-state index contributed by atoms with van der Waals surface area (Å²) in [5, 5.41) is 24.1. The van der Waals surface area contributed by atoms with Crippen LogP contribution in [0.1, 0.15) is 24.0 Å². The summed E-state index contributed by atoms with van der Waals surface area (Å²) in [6.45, 7) is 5.29. The first-order chi connectivity index (χ1) is 15.4. The number of nitrogens with zero attached hydrogens (tertiary/aromatic N) is 2. The number of carbonyl (C=O) groups is 1. The molecule has 2 heterocycles. The van der Waals surface area contributed by atoms with Gasteiger partial charge in [0.25, 0.3) is 0 Å². The van der Waals surface area contributed by atoms with Gasteiger partial charge in [-0.15, -0.1) is 0 Å². The standard InChI is InChI=1S/C24H26FN3O4/c1-14-11-16(3-6-19(14)25)22-18-5-4-17(30)12-20(18)27-23(21(22)15(2)13-29)26-7-8-28-9-10-32-24(28)31/h3-6,11-12,15,29-30H,7-10,13H2,1-2H3,(H,26,27). The van der Waals surface area contributed by atoms with Crippen molar-refractivity contribution in [1.82, 2.24) is 9.88 Å². The van der Waals surface area contributed by atoms with Gasteiger partial charge in [-0.3, -0.25) is 0 Å². The van der Waals surface area contributed by atoms with Gasteiger partial charge in [0.15, 0.2) is 0 Å². The maximum absolute atomic E-state index is 14.0. The lowest BCUT2D eigenvalue weighted by Gasteiger charge is -2.23. The van der Waals surface area contributed by atoms with Gasteiger partial charge < -0.3 is 25.2 Å². The third kappa shape index (κ3) is 4.18. The molecule has 3 N–H and O–H groups in total. The van der Waals surface area contributed by atoms with Crippen LogP contribution in [0.4, 0.5) is 15.0 Å². The van der Waals surface area contributed by atoms with E-state index in [9.17, 15) is 19.4 Å². The van der Waals surface area contributed by atoms with E-state index in [-0.39, 0.29) is 30.2 Å². The molecule has 0 bridgehead atoms. The monoisotopic (exact) mass is 439 g/mol. The van der Waals surface area contributed by atoms with Crippen LogP contribution < -0.4 is 5.32 Å². The summed E-state index contributed by atoms with van der Waals surface area (Å²) in [7, 11) is 0. The molecule has 1 fully saturated rings. The number of cyclic esters (lactones) is 1. The molecule has 168 valence electrons. The van der Waals surface area contributed by atoms with E-state index in [1.807, 2.05) is 6.92 Å². The summed E-state index contributed by atoms with van der Waals surface area (Å²) in [6.07, 6.45) is -0.338. The maximum atomic E-state index is 14.0. The molecule has 1 atom stereocenters. The van der Waals surface area contributed by atoms with Crippen molar-refractivity contribution in [3.05, 3.63) is 53.3 Å². The lowest BCUT2D eigenvalue weighted by molar-refractivity contribution is 0.159. The van der Waals surface area contributed by atoms with Gasteiger partial charge in [-0.05, 0) is 47.9 Å². The summed E-state index contributed by atoms with van der Waals surface area (Å²) in [6, 6.07) is 9.85. The Morgan fingerprint density at radius 2 is 2.09 bits per heavy atom. The number of aromatic hydroxyl groups is 1. The van der Waals surface area contributed by atoms with Crippen molar-refractivity contribution in [1.29, 1.82) is 0 Å². The average molecular weight is 439 g/mol. The van der Waals surface area contributed by atoms with E-state index in [0.717, 1.165) is 22.1 Å². The second-order valence-electron chi connectivity index (χ2n) is 8.03. The molecule has 4 rings (SSSR count). The molecular formula is C24H26FN3O4. The van der Waals surface area contributed by atoms with Gasteiger partial charge in [0, 0.05) is 42.6 Å². The number of aromatic nitrogens is 1. The van der Waals surface area contributed by atoms with E-state index >= 15 is 0 Å². The van der Waals surface area contributed by atoms with Crippen molar-refractivity contribution in [3.8, 4) is 16.9 Å². The van der Waals surface area contributed by atoms with Crippen LogP contribution in [0.2, 0.25) is 0 Å². The molecule has 1 aliphatic rings. The number of nitrogens with one attached hydrogen (secondary N) is 1. The Morgan fingerprint density at radius 1 is 1.28 bits per heavy atom. The Hall–Kier alpha value is -3.39. The summed E-state index contributed by atoms with van der Waals surface area (Å²) < 4.78 is 19.0. The topological polar surface area (TPSA) is 94.9 Å². The fraction of sp³-hybridized carbons (Fsp3) is 0.333. The van der Waals surface area contributed by atoms with E-state index in [1.54, 1.807) is 42.2 Å². The Labute approximate surface area is 185 Å². The first kappa shape index (κ1) is 21.8. The average Bonchev–Trinajstić information content (AvgIpc) is 3.18. The lowest BCUT2D eigenvalue weighted by Crippen LogP contribution is -2.30. The van der Waals surface area contributed by atoms with Gasteiger partial charge in [0.1, 0.15) is 24.0 Å². The smallest absolute Gasteiger partial charge is 0.409 e. The normalized spacial score (nSPS) is 14.6.